The second-order valence-electron chi connectivity index (χ2n) is 5.18. The van der Waals surface area contributed by atoms with Gasteiger partial charge in [-0.05, 0) is 23.9 Å². The van der Waals surface area contributed by atoms with Crippen LogP contribution in [-0.2, 0) is 16.1 Å². The molecule has 3 rings (SSSR count). The number of carbonyl (C=O) groups excluding carboxylic acids is 1. The van der Waals surface area contributed by atoms with Crippen LogP contribution < -0.4 is 5.56 Å². The van der Waals surface area contributed by atoms with E-state index in [-0.39, 0.29) is 18.0 Å². The van der Waals surface area contributed by atoms with E-state index in [1.807, 2.05) is 24.3 Å². The van der Waals surface area contributed by atoms with E-state index in [1.165, 1.54) is 4.57 Å². The number of hydrogen-bond acceptors (Lipinski definition) is 3. The summed E-state index contributed by atoms with van der Waals surface area (Å²) in [5.41, 5.74) is -0.118. The number of nitrogens with zero attached hydrogens (tertiary/aromatic N) is 2. The molecule has 2 aromatic rings. The Balaban J connectivity index is 1.82. The molecule has 1 aromatic heterocycles. The number of carbonyl (C=O) groups is 1. The van der Waals surface area contributed by atoms with E-state index in [0.29, 0.717) is 31.7 Å². The molecule has 0 aliphatic carbocycles. The molecule has 1 aliphatic heterocycles. The molecule has 5 heteroatoms. The van der Waals surface area contributed by atoms with Gasteiger partial charge in [-0.3, -0.25) is 9.59 Å². The second kappa shape index (κ2) is 6.10. The molecule has 1 aliphatic rings. The standard InChI is InChI=1S/C16H18N2O3/c19-15(17-7-3-10-21-11-9-17)12-18-8-6-13-4-1-2-5-14(13)16(18)20/h1-2,4-6,8H,3,7,9-12H2. The summed E-state index contributed by atoms with van der Waals surface area (Å²) in [5.74, 6) is -0.0297. The maximum Gasteiger partial charge on any atom is 0.258 e. The van der Waals surface area contributed by atoms with Crippen molar-refractivity contribution in [1.29, 1.82) is 0 Å². The maximum absolute atomic E-state index is 12.4. The molecule has 2 heterocycles. The van der Waals surface area contributed by atoms with Gasteiger partial charge >= 0.3 is 0 Å². The Bertz CT molecular complexity index is 700. The van der Waals surface area contributed by atoms with E-state index < -0.39 is 0 Å². The average molecular weight is 286 g/mol. The van der Waals surface area contributed by atoms with E-state index in [4.69, 9.17) is 4.74 Å². The third kappa shape index (κ3) is 2.97. The quantitative estimate of drug-likeness (QED) is 0.835. The molecule has 110 valence electrons. The van der Waals surface area contributed by atoms with Gasteiger partial charge in [0.05, 0.1) is 6.61 Å². The summed E-state index contributed by atoms with van der Waals surface area (Å²) in [5, 5.41) is 1.54. The Morgan fingerprint density at radius 2 is 2.00 bits per heavy atom. The zero-order chi connectivity index (χ0) is 14.7. The normalized spacial score (nSPS) is 15.9. The van der Waals surface area contributed by atoms with Crippen molar-refractivity contribution >= 4 is 16.7 Å². The molecule has 0 bridgehead atoms. The Morgan fingerprint density at radius 3 is 2.90 bits per heavy atom. The average Bonchev–Trinajstić information content (AvgIpc) is 2.79. The minimum atomic E-state index is -0.118. The SMILES string of the molecule is O=C(Cn1ccc2ccccc2c1=O)N1CCCOCC1. The van der Waals surface area contributed by atoms with Gasteiger partial charge in [-0.2, -0.15) is 0 Å². The van der Waals surface area contributed by atoms with Crippen molar-refractivity contribution < 1.29 is 9.53 Å². The first-order chi connectivity index (χ1) is 10.3. The van der Waals surface area contributed by atoms with Gasteiger partial charge in [0.15, 0.2) is 0 Å². The Morgan fingerprint density at radius 1 is 1.14 bits per heavy atom. The highest BCUT2D eigenvalue weighted by molar-refractivity contribution is 5.82. The monoisotopic (exact) mass is 286 g/mol. The molecule has 21 heavy (non-hydrogen) atoms. The van der Waals surface area contributed by atoms with Gasteiger partial charge in [0.1, 0.15) is 6.54 Å². The number of benzene rings is 1. The maximum atomic E-state index is 12.4. The largest absolute Gasteiger partial charge is 0.380 e. The van der Waals surface area contributed by atoms with Crippen LogP contribution in [0, 0.1) is 0 Å². The molecule has 0 unspecified atom stereocenters. The van der Waals surface area contributed by atoms with Crippen LogP contribution in [0.3, 0.4) is 0 Å². The van der Waals surface area contributed by atoms with Crippen LogP contribution in [0.15, 0.2) is 41.3 Å². The number of fused-ring (bicyclic) bond motifs is 1. The molecular formula is C16H18N2O3. The molecule has 0 atom stereocenters. The predicted octanol–water partition coefficient (Wildman–Crippen LogP) is 1.25. The molecule has 0 radical (unpaired) electrons. The van der Waals surface area contributed by atoms with Gasteiger partial charge in [0.25, 0.3) is 5.56 Å². The Kier molecular flexibility index (Phi) is 4.01. The van der Waals surface area contributed by atoms with Crippen molar-refractivity contribution in [3.05, 3.63) is 46.9 Å². The van der Waals surface area contributed by atoms with Crippen molar-refractivity contribution in [2.24, 2.45) is 0 Å². The lowest BCUT2D eigenvalue weighted by Crippen LogP contribution is -2.37. The van der Waals surface area contributed by atoms with Gasteiger partial charge in [-0.25, -0.2) is 0 Å². The van der Waals surface area contributed by atoms with Crippen molar-refractivity contribution in [1.82, 2.24) is 9.47 Å². The van der Waals surface area contributed by atoms with E-state index in [2.05, 4.69) is 0 Å². The van der Waals surface area contributed by atoms with Crippen LogP contribution in [0.5, 0.6) is 0 Å². The van der Waals surface area contributed by atoms with Gasteiger partial charge < -0.3 is 14.2 Å². The van der Waals surface area contributed by atoms with Crippen LogP contribution in [0.2, 0.25) is 0 Å². The topological polar surface area (TPSA) is 51.5 Å². The van der Waals surface area contributed by atoms with Crippen LogP contribution in [0.25, 0.3) is 10.8 Å². The summed E-state index contributed by atoms with van der Waals surface area (Å²) in [6, 6.07) is 9.29. The van der Waals surface area contributed by atoms with Gasteiger partial charge in [-0.15, -0.1) is 0 Å². The van der Waals surface area contributed by atoms with Gasteiger partial charge in [-0.1, -0.05) is 18.2 Å². The summed E-state index contributed by atoms with van der Waals surface area (Å²) in [6.45, 7) is 2.64. The molecule has 1 aromatic carbocycles. The Labute approximate surface area is 122 Å². The zero-order valence-corrected chi connectivity index (χ0v) is 11.8. The third-order valence-corrected chi connectivity index (χ3v) is 3.77. The minimum Gasteiger partial charge on any atom is -0.380 e. The fraction of sp³-hybridized carbons (Fsp3) is 0.375. The van der Waals surface area contributed by atoms with Crippen LogP contribution in [-0.4, -0.2) is 41.7 Å². The fourth-order valence-electron chi connectivity index (χ4n) is 2.60. The fourth-order valence-corrected chi connectivity index (χ4v) is 2.60. The molecule has 5 nitrogen and oxygen atoms in total. The lowest BCUT2D eigenvalue weighted by atomic mass is 10.2. The van der Waals surface area contributed by atoms with E-state index in [0.717, 1.165) is 11.8 Å². The molecule has 1 saturated heterocycles. The van der Waals surface area contributed by atoms with Gasteiger partial charge in [0, 0.05) is 31.3 Å². The summed E-state index contributed by atoms with van der Waals surface area (Å²) < 4.78 is 6.83. The van der Waals surface area contributed by atoms with Crippen molar-refractivity contribution in [3.63, 3.8) is 0 Å². The van der Waals surface area contributed by atoms with Crippen LogP contribution >= 0.6 is 0 Å². The summed E-state index contributed by atoms with van der Waals surface area (Å²) in [6.07, 6.45) is 2.54. The number of amides is 1. The molecule has 1 fully saturated rings. The minimum absolute atomic E-state index is 0.0297. The number of aromatic nitrogens is 1. The van der Waals surface area contributed by atoms with Crippen molar-refractivity contribution in [2.45, 2.75) is 13.0 Å². The number of ether oxygens (including phenoxy) is 1. The smallest absolute Gasteiger partial charge is 0.258 e. The highest BCUT2D eigenvalue weighted by Gasteiger charge is 2.16. The number of pyridine rings is 1. The zero-order valence-electron chi connectivity index (χ0n) is 11.8. The molecule has 0 spiro atoms. The van der Waals surface area contributed by atoms with Crippen LogP contribution in [0.4, 0.5) is 0 Å². The lowest BCUT2D eigenvalue weighted by Gasteiger charge is -2.20. The highest BCUT2D eigenvalue weighted by Crippen LogP contribution is 2.08. The first kappa shape index (κ1) is 13.8. The Hall–Kier alpha value is -2.14. The number of rotatable bonds is 2. The second-order valence-corrected chi connectivity index (χ2v) is 5.18. The van der Waals surface area contributed by atoms with E-state index in [1.54, 1.807) is 17.2 Å². The summed E-state index contributed by atoms with van der Waals surface area (Å²) in [7, 11) is 0. The van der Waals surface area contributed by atoms with E-state index in [9.17, 15) is 9.59 Å². The molecule has 0 N–H and O–H groups in total. The van der Waals surface area contributed by atoms with Crippen molar-refractivity contribution in [2.75, 3.05) is 26.3 Å². The molecular weight excluding hydrogens is 268 g/mol. The third-order valence-electron chi connectivity index (χ3n) is 3.77. The summed E-state index contributed by atoms with van der Waals surface area (Å²) >= 11 is 0. The van der Waals surface area contributed by atoms with Crippen LogP contribution in [0.1, 0.15) is 6.42 Å². The molecule has 0 saturated carbocycles. The number of hydrogen-bond donors (Lipinski definition) is 0. The predicted molar refractivity (Wildman–Crippen MR) is 80.2 cm³/mol. The highest BCUT2D eigenvalue weighted by atomic mass is 16.5. The lowest BCUT2D eigenvalue weighted by molar-refractivity contribution is -0.131. The van der Waals surface area contributed by atoms with E-state index >= 15 is 0 Å². The first-order valence-corrected chi connectivity index (χ1v) is 7.19. The van der Waals surface area contributed by atoms with Crippen molar-refractivity contribution in [3.8, 4) is 0 Å². The molecule has 1 amide bonds. The first-order valence-electron chi connectivity index (χ1n) is 7.19. The summed E-state index contributed by atoms with van der Waals surface area (Å²) in [4.78, 5) is 26.5. The van der Waals surface area contributed by atoms with Gasteiger partial charge in [0.2, 0.25) is 5.91 Å².